The highest BCUT2D eigenvalue weighted by atomic mass is 32.2. The van der Waals surface area contributed by atoms with Gasteiger partial charge in [0.25, 0.3) is 12.4 Å². The van der Waals surface area contributed by atoms with Gasteiger partial charge in [-0.1, -0.05) is 0 Å². The maximum Gasteiger partial charge on any atom is 0.286 e. The van der Waals surface area contributed by atoms with Gasteiger partial charge in [0, 0.05) is 6.54 Å². The van der Waals surface area contributed by atoms with Crippen molar-refractivity contribution in [1.29, 1.82) is 0 Å². The van der Waals surface area contributed by atoms with Crippen molar-refractivity contribution in [3.63, 3.8) is 0 Å². The molecule has 2 aliphatic rings. The number of hydrogen-bond donors (Lipinski definition) is 3. The Morgan fingerprint density at radius 2 is 2.18 bits per heavy atom. The number of hydrogen-bond acceptors (Lipinski definition) is 5. The van der Waals surface area contributed by atoms with Gasteiger partial charge in [-0.3, -0.25) is 0 Å². The number of nitrogens with zero attached hydrogens (tertiary/aromatic N) is 1. The second kappa shape index (κ2) is 4.95. The van der Waals surface area contributed by atoms with E-state index in [-0.39, 0.29) is 6.02 Å². The zero-order valence-electron chi connectivity index (χ0n) is 9.09. The molecule has 2 saturated heterocycles. The maximum atomic E-state index is 12.6. The fourth-order valence-electron chi connectivity index (χ4n) is 1.86. The van der Waals surface area contributed by atoms with Gasteiger partial charge in [-0.05, 0) is 6.92 Å². The maximum absolute atomic E-state index is 12.6. The third-order valence-electron chi connectivity index (χ3n) is 2.71. The molecule has 0 aromatic rings. The highest BCUT2D eigenvalue weighted by Crippen LogP contribution is 2.38. The summed E-state index contributed by atoms with van der Waals surface area (Å²) in [6.45, 7) is 2.30. The van der Waals surface area contributed by atoms with Gasteiger partial charge in [-0.2, -0.15) is 0 Å². The largest absolute Gasteiger partial charge is 0.449 e. The number of halogens is 2. The van der Waals surface area contributed by atoms with Crippen molar-refractivity contribution in [2.24, 2.45) is 4.99 Å². The zero-order chi connectivity index (χ0) is 12.6. The zero-order valence-corrected chi connectivity index (χ0v) is 9.90. The summed E-state index contributed by atoms with van der Waals surface area (Å²) in [7, 11) is 0. The normalized spacial score (nSPS) is 43.4. The van der Waals surface area contributed by atoms with Crippen LogP contribution in [0, 0.1) is 0 Å². The molecule has 2 rings (SSSR count). The Bertz CT molecular complexity index is 319. The Morgan fingerprint density at radius 1 is 1.47 bits per heavy atom. The number of fused-ring (bicyclic) bond motifs is 1. The summed E-state index contributed by atoms with van der Waals surface area (Å²) in [6.07, 6.45) is -5.47. The highest BCUT2D eigenvalue weighted by molar-refractivity contribution is 8.00. The van der Waals surface area contributed by atoms with Gasteiger partial charge in [0.05, 0.1) is 11.4 Å². The molecule has 98 valence electrons. The van der Waals surface area contributed by atoms with E-state index in [1.54, 1.807) is 6.92 Å². The summed E-state index contributed by atoms with van der Waals surface area (Å²) in [6, 6.07) is -0.369. The van der Waals surface area contributed by atoms with Crippen LogP contribution in [0.4, 0.5) is 8.78 Å². The molecule has 0 aliphatic carbocycles. The minimum atomic E-state index is -2.71. The Morgan fingerprint density at radius 3 is 2.76 bits per heavy atom. The lowest BCUT2D eigenvalue weighted by Gasteiger charge is -2.36. The Labute approximate surface area is 101 Å². The molecule has 5 unspecified atom stereocenters. The summed E-state index contributed by atoms with van der Waals surface area (Å²) in [5.74, 6) is 0. The molecule has 17 heavy (non-hydrogen) atoms. The Balaban J connectivity index is 2.12. The molecule has 0 saturated carbocycles. The van der Waals surface area contributed by atoms with Crippen molar-refractivity contribution in [2.75, 3.05) is 6.54 Å². The lowest BCUT2D eigenvalue weighted by atomic mass is 10.0. The van der Waals surface area contributed by atoms with Crippen LogP contribution in [-0.4, -0.2) is 58.1 Å². The van der Waals surface area contributed by atoms with Crippen LogP contribution in [-0.2, 0) is 4.74 Å². The van der Waals surface area contributed by atoms with Gasteiger partial charge in [-0.15, -0.1) is 11.8 Å². The molecule has 5 atom stereocenters. The van der Waals surface area contributed by atoms with E-state index in [9.17, 15) is 19.0 Å². The fourth-order valence-corrected chi connectivity index (χ4v) is 3.16. The molecule has 2 heterocycles. The van der Waals surface area contributed by atoms with Crippen molar-refractivity contribution in [2.45, 2.75) is 42.3 Å². The van der Waals surface area contributed by atoms with Gasteiger partial charge < -0.3 is 20.3 Å². The molecule has 3 N–H and O–H groups in total. The standard InChI is InChI=1S/C9H14F2N2O3S/c1-2-12-9-13-3-4(14)5(15)6(7(10)11)17-8(3)16-9/h3-8,14-15H,2H2,1H3,(H,12,13). The van der Waals surface area contributed by atoms with Gasteiger partial charge in [-0.25, -0.2) is 13.8 Å². The van der Waals surface area contributed by atoms with Crippen LogP contribution < -0.4 is 5.32 Å². The number of aliphatic hydroxyl groups is 2. The van der Waals surface area contributed by atoms with E-state index >= 15 is 0 Å². The number of aliphatic hydroxyl groups excluding tert-OH is 2. The molecule has 0 aromatic carbocycles. The topological polar surface area (TPSA) is 74.1 Å². The molecule has 5 nitrogen and oxygen atoms in total. The van der Waals surface area contributed by atoms with Crippen LogP contribution >= 0.6 is 11.8 Å². The van der Waals surface area contributed by atoms with Crippen molar-refractivity contribution >= 4 is 17.8 Å². The molecule has 0 bridgehead atoms. The summed E-state index contributed by atoms with van der Waals surface area (Å²) in [4.78, 5) is 3.97. The first kappa shape index (κ1) is 12.8. The molecule has 0 spiro atoms. The third kappa shape index (κ3) is 2.34. The fraction of sp³-hybridized carbons (Fsp3) is 0.889. The molecule has 0 amide bonds. The van der Waals surface area contributed by atoms with E-state index in [0.717, 1.165) is 11.8 Å². The van der Waals surface area contributed by atoms with Crippen molar-refractivity contribution < 1.29 is 23.7 Å². The minimum absolute atomic E-state index is 0.233. The van der Waals surface area contributed by atoms with Crippen LogP contribution in [0.2, 0.25) is 0 Å². The highest BCUT2D eigenvalue weighted by Gasteiger charge is 2.52. The van der Waals surface area contributed by atoms with E-state index in [4.69, 9.17) is 4.74 Å². The van der Waals surface area contributed by atoms with Crippen LogP contribution in [0.1, 0.15) is 6.92 Å². The van der Waals surface area contributed by atoms with Crippen molar-refractivity contribution in [3.05, 3.63) is 0 Å². The molecular formula is C9H14F2N2O3S. The predicted molar refractivity (Wildman–Crippen MR) is 59.2 cm³/mol. The van der Waals surface area contributed by atoms with Crippen LogP contribution in [0.15, 0.2) is 4.99 Å². The van der Waals surface area contributed by atoms with E-state index in [1.807, 2.05) is 0 Å². The van der Waals surface area contributed by atoms with Gasteiger partial charge >= 0.3 is 0 Å². The van der Waals surface area contributed by atoms with Crippen LogP contribution in [0.5, 0.6) is 0 Å². The molecular weight excluding hydrogens is 254 g/mol. The van der Waals surface area contributed by atoms with E-state index < -0.39 is 35.4 Å². The first-order chi connectivity index (χ1) is 8.04. The molecule has 2 aliphatic heterocycles. The number of amidine groups is 1. The molecule has 0 aromatic heterocycles. The van der Waals surface area contributed by atoms with Gasteiger partial charge in [0.2, 0.25) is 0 Å². The minimum Gasteiger partial charge on any atom is -0.449 e. The average Bonchev–Trinajstić information content (AvgIpc) is 2.66. The second-order valence-corrected chi connectivity index (χ2v) is 5.13. The van der Waals surface area contributed by atoms with Gasteiger partial charge in [0.1, 0.15) is 12.1 Å². The second-order valence-electron chi connectivity index (χ2n) is 3.85. The Kier molecular flexibility index (Phi) is 3.74. The summed E-state index contributed by atoms with van der Waals surface area (Å²) >= 11 is 0.826. The van der Waals surface area contributed by atoms with Crippen LogP contribution in [0.3, 0.4) is 0 Å². The quantitative estimate of drug-likeness (QED) is 0.645. The molecule has 2 fully saturated rings. The monoisotopic (exact) mass is 268 g/mol. The van der Waals surface area contributed by atoms with Crippen LogP contribution in [0.25, 0.3) is 0 Å². The number of ether oxygens (including phenoxy) is 1. The number of alkyl halides is 2. The lowest BCUT2D eigenvalue weighted by Crippen LogP contribution is -2.57. The SMILES string of the molecule is CCN=C1NC2C(O1)SC(C(F)F)C(O)C2O. The third-order valence-corrected chi connectivity index (χ3v) is 4.16. The number of nitrogens with one attached hydrogen (secondary N) is 1. The average molecular weight is 268 g/mol. The summed E-state index contributed by atoms with van der Waals surface area (Å²) in [5, 5.41) is 20.8. The number of rotatable bonds is 2. The molecule has 0 radical (unpaired) electrons. The first-order valence-electron chi connectivity index (χ1n) is 5.32. The van der Waals surface area contributed by atoms with Gasteiger partial charge in [0.15, 0.2) is 5.44 Å². The van der Waals surface area contributed by atoms with E-state index in [2.05, 4.69) is 10.3 Å². The predicted octanol–water partition coefficient (Wildman–Crippen LogP) is -0.221. The van der Waals surface area contributed by atoms with E-state index in [0.29, 0.717) is 6.54 Å². The summed E-state index contributed by atoms with van der Waals surface area (Å²) in [5.41, 5.74) is -0.641. The first-order valence-corrected chi connectivity index (χ1v) is 6.26. The van der Waals surface area contributed by atoms with Crippen molar-refractivity contribution in [3.8, 4) is 0 Å². The number of thioether (sulfide) groups is 1. The van der Waals surface area contributed by atoms with E-state index in [1.165, 1.54) is 0 Å². The smallest absolute Gasteiger partial charge is 0.286 e. The Hall–Kier alpha value is -0.600. The van der Waals surface area contributed by atoms with Crippen molar-refractivity contribution in [1.82, 2.24) is 5.32 Å². The lowest BCUT2D eigenvalue weighted by molar-refractivity contribution is -0.0398. The number of aliphatic imine (C=N–C) groups is 1. The summed E-state index contributed by atoms with van der Waals surface area (Å²) < 4.78 is 30.6. The molecule has 8 heteroatoms.